The summed E-state index contributed by atoms with van der Waals surface area (Å²) in [5.74, 6) is 0.432. The number of amides is 1. The Morgan fingerprint density at radius 2 is 1.75 bits per heavy atom. The van der Waals surface area contributed by atoms with E-state index in [2.05, 4.69) is 0 Å². The predicted molar refractivity (Wildman–Crippen MR) is 127 cm³/mol. The Kier molecular flexibility index (Phi) is 7.51. The topological polar surface area (TPSA) is 76.8 Å². The van der Waals surface area contributed by atoms with Gasteiger partial charge >= 0.3 is 16.3 Å². The SMILES string of the molecule is O=C(Cc1cccs1)N(Cc1ccc(OS(=O)(=O)c2cccc(C(F)(F)F)c2)cc1)Cc1ccco1. The smallest absolute Gasteiger partial charge is 0.416 e. The van der Waals surface area contributed by atoms with E-state index >= 15 is 0 Å². The van der Waals surface area contributed by atoms with Gasteiger partial charge in [-0.15, -0.1) is 11.3 Å². The summed E-state index contributed by atoms with van der Waals surface area (Å²) in [6.07, 6.45) is -2.93. The lowest BCUT2D eigenvalue weighted by molar-refractivity contribution is -0.137. The molecule has 0 radical (unpaired) electrons. The third-order valence-electron chi connectivity index (χ3n) is 5.14. The molecule has 188 valence electrons. The van der Waals surface area contributed by atoms with Crippen molar-refractivity contribution in [3.63, 3.8) is 0 Å². The zero-order chi connectivity index (χ0) is 25.8. The summed E-state index contributed by atoms with van der Waals surface area (Å²) in [7, 11) is -4.48. The standard InChI is InChI=1S/C25H20F3NO5S2/c26-25(27,28)19-4-1-7-23(14-19)36(31,32)34-20-10-8-18(9-11-20)16-29(17-21-5-2-12-33-21)24(30)15-22-6-3-13-35-22/h1-14H,15-17H2. The van der Waals surface area contributed by atoms with Gasteiger partial charge in [0.05, 0.1) is 24.8 Å². The van der Waals surface area contributed by atoms with E-state index in [1.807, 2.05) is 17.5 Å². The van der Waals surface area contributed by atoms with Crippen LogP contribution in [0.2, 0.25) is 0 Å². The van der Waals surface area contributed by atoms with Crippen molar-refractivity contribution in [2.75, 3.05) is 0 Å². The molecule has 0 bridgehead atoms. The number of thiophene rings is 1. The van der Waals surface area contributed by atoms with Crippen LogP contribution in [-0.2, 0) is 40.6 Å². The van der Waals surface area contributed by atoms with Crippen LogP contribution in [0.25, 0.3) is 0 Å². The number of furan rings is 1. The molecule has 0 aliphatic rings. The minimum Gasteiger partial charge on any atom is -0.467 e. The fraction of sp³-hybridized carbons (Fsp3) is 0.160. The molecule has 0 atom stereocenters. The van der Waals surface area contributed by atoms with Gasteiger partial charge in [-0.3, -0.25) is 4.79 Å². The van der Waals surface area contributed by atoms with E-state index < -0.39 is 26.8 Å². The lowest BCUT2D eigenvalue weighted by Crippen LogP contribution is -2.31. The van der Waals surface area contributed by atoms with Gasteiger partial charge in [0.2, 0.25) is 5.91 Å². The van der Waals surface area contributed by atoms with E-state index in [4.69, 9.17) is 8.60 Å². The number of benzene rings is 2. The highest BCUT2D eigenvalue weighted by Gasteiger charge is 2.32. The lowest BCUT2D eigenvalue weighted by atomic mass is 10.2. The van der Waals surface area contributed by atoms with Gasteiger partial charge < -0.3 is 13.5 Å². The van der Waals surface area contributed by atoms with E-state index in [-0.39, 0.29) is 31.2 Å². The van der Waals surface area contributed by atoms with Crippen LogP contribution in [0.5, 0.6) is 5.75 Å². The van der Waals surface area contributed by atoms with Gasteiger partial charge in [0.25, 0.3) is 0 Å². The molecule has 0 aliphatic heterocycles. The first-order valence-corrected chi connectivity index (χ1v) is 12.9. The van der Waals surface area contributed by atoms with Gasteiger partial charge in [-0.25, -0.2) is 0 Å². The Bertz CT molecular complexity index is 1400. The van der Waals surface area contributed by atoms with Crippen LogP contribution in [0.4, 0.5) is 13.2 Å². The Morgan fingerprint density at radius 1 is 0.972 bits per heavy atom. The second kappa shape index (κ2) is 10.6. The third kappa shape index (κ3) is 6.55. The maximum atomic E-state index is 13.0. The van der Waals surface area contributed by atoms with E-state index in [0.717, 1.165) is 23.1 Å². The number of hydrogen-bond donors (Lipinski definition) is 0. The molecule has 0 fully saturated rings. The first-order valence-electron chi connectivity index (χ1n) is 10.6. The van der Waals surface area contributed by atoms with Crippen LogP contribution in [0.1, 0.15) is 21.8 Å². The molecule has 0 saturated heterocycles. The first kappa shape index (κ1) is 25.5. The minimum absolute atomic E-state index is 0.0707. The van der Waals surface area contributed by atoms with Crippen LogP contribution < -0.4 is 4.18 Å². The van der Waals surface area contributed by atoms with E-state index in [1.165, 1.54) is 29.7 Å². The van der Waals surface area contributed by atoms with Crippen LogP contribution in [0.15, 0.2) is 93.8 Å². The summed E-state index contributed by atoms with van der Waals surface area (Å²) >= 11 is 1.48. The van der Waals surface area contributed by atoms with Crippen molar-refractivity contribution in [3.05, 3.63) is 106 Å². The van der Waals surface area contributed by atoms with Gasteiger partial charge in [0.1, 0.15) is 16.4 Å². The summed E-state index contributed by atoms with van der Waals surface area (Å²) in [6, 6.07) is 16.5. The predicted octanol–water partition coefficient (Wildman–Crippen LogP) is 5.90. The number of rotatable bonds is 9. The molecule has 0 N–H and O–H groups in total. The number of carbonyl (C=O) groups excluding carboxylic acids is 1. The highest BCUT2D eigenvalue weighted by atomic mass is 32.2. The number of alkyl halides is 3. The maximum Gasteiger partial charge on any atom is 0.416 e. The average Bonchev–Trinajstić information content (AvgIpc) is 3.54. The molecular weight excluding hydrogens is 515 g/mol. The molecule has 2 heterocycles. The fourth-order valence-corrected chi connectivity index (χ4v) is 5.04. The van der Waals surface area contributed by atoms with Crippen molar-refractivity contribution in [1.82, 2.24) is 4.90 Å². The lowest BCUT2D eigenvalue weighted by Gasteiger charge is -2.22. The van der Waals surface area contributed by atoms with Crippen molar-refractivity contribution in [2.24, 2.45) is 0 Å². The highest BCUT2D eigenvalue weighted by molar-refractivity contribution is 7.87. The zero-order valence-corrected chi connectivity index (χ0v) is 20.3. The van der Waals surface area contributed by atoms with Crippen molar-refractivity contribution in [3.8, 4) is 5.75 Å². The molecular formula is C25H20F3NO5S2. The Morgan fingerprint density at radius 3 is 2.39 bits per heavy atom. The summed E-state index contributed by atoms with van der Waals surface area (Å²) in [5.41, 5.74) is -0.392. The first-order chi connectivity index (χ1) is 17.1. The molecule has 0 aliphatic carbocycles. The molecule has 36 heavy (non-hydrogen) atoms. The molecule has 0 saturated carbocycles. The van der Waals surface area contributed by atoms with Crippen molar-refractivity contribution in [1.29, 1.82) is 0 Å². The van der Waals surface area contributed by atoms with Crippen LogP contribution in [0, 0.1) is 0 Å². The fourth-order valence-electron chi connectivity index (χ4n) is 3.37. The quantitative estimate of drug-likeness (QED) is 0.250. The maximum absolute atomic E-state index is 13.0. The van der Waals surface area contributed by atoms with Crippen LogP contribution >= 0.6 is 11.3 Å². The number of carbonyl (C=O) groups is 1. The minimum atomic E-state index is -4.68. The molecule has 11 heteroatoms. The van der Waals surface area contributed by atoms with E-state index in [9.17, 15) is 26.4 Å². The molecule has 0 spiro atoms. The largest absolute Gasteiger partial charge is 0.467 e. The van der Waals surface area contributed by atoms with Gasteiger partial charge in [0.15, 0.2) is 0 Å². The summed E-state index contributed by atoms with van der Waals surface area (Å²) in [6.45, 7) is 0.477. The molecule has 0 unspecified atom stereocenters. The van der Waals surface area contributed by atoms with Crippen LogP contribution in [0.3, 0.4) is 0 Å². The second-order valence-corrected chi connectivity index (χ2v) is 10.4. The van der Waals surface area contributed by atoms with Gasteiger partial charge in [-0.05, 0) is 59.5 Å². The second-order valence-electron chi connectivity index (χ2n) is 7.79. The van der Waals surface area contributed by atoms with Crippen molar-refractivity contribution in [2.45, 2.75) is 30.6 Å². The molecule has 4 aromatic rings. The van der Waals surface area contributed by atoms with E-state index in [0.29, 0.717) is 17.4 Å². The average molecular weight is 536 g/mol. The van der Waals surface area contributed by atoms with Gasteiger partial charge in [-0.1, -0.05) is 24.3 Å². The Labute approximate surface area is 209 Å². The van der Waals surface area contributed by atoms with Crippen LogP contribution in [-0.4, -0.2) is 19.2 Å². The molecule has 2 aromatic heterocycles. The van der Waals surface area contributed by atoms with Crippen molar-refractivity contribution >= 4 is 27.4 Å². The molecule has 2 aromatic carbocycles. The van der Waals surface area contributed by atoms with Crippen molar-refractivity contribution < 1.29 is 35.0 Å². The molecule has 6 nitrogen and oxygen atoms in total. The summed E-state index contributed by atoms with van der Waals surface area (Å²) < 4.78 is 74.3. The molecule has 4 rings (SSSR count). The van der Waals surface area contributed by atoms with E-state index in [1.54, 1.807) is 29.2 Å². The monoisotopic (exact) mass is 535 g/mol. The molecule has 1 amide bonds. The van der Waals surface area contributed by atoms with Gasteiger partial charge in [0, 0.05) is 11.4 Å². The number of halogens is 3. The number of hydrogen-bond acceptors (Lipinski definition) is 6. The normalized spacial score (nSPS) is 11.9. The summed E-state index contributed by atoms with van der Waals surface area (Å²) in [4.78, 5) is 14.9. The number of nitrogens with zero attached hydrogens (tertiary/aromatic N) is 1. The zero-order valence-electron chi connectivity index (χ0n) is 18.6. The van der Waals surface area contributed by atoms with Gasteiger partial charge in [-0.2, -0.15) is 21.6 Å². The summed E-state index contributed by atoms with van der Waals surface area (Å²) in [5, 5.41) is 1.89. The Balaban J connectivity index is 1.47. The highest BCUT2D eigenvalue weighted by Crippen LogP contribution is 2.31. The third-order valence-corrected chi connectivity index (χ3v) is 7.26. The Hall–Kier alpha value is -3.57.